The molecule has 0 spiro atoms. The summed E-state index contributed by atoms with van der Waals surface area (Å²) in [5.74, 6) is -1.04. The Morgan fingerprint density at radius 1 is 1.03 bits per heavy atom. The molecule has 0 bridgehead atoms. The zero-order chi connectivity index (χ0) is 28.4. The van der Waals surface area contributed by atoms with Gasteiger partial charge in [-0.05, 0) is 75.5 Å². The molecule has 5 N–H and O–H groups in total. The van der Waals surface area contributed by atoms with Crippen molar-refractivity contribution in [3.05, 3.63) is 63.7 Å². The number of benzene rings is 2. The third kappa shape index (κ3) is 5.88. The Morgan fingerprint density at radius 3 is 2.21 bits per heavy atom. The largest absolute Gasteiger partial charge is 0.493 e. The molecule has 0 saturated heterocycles. The fourth-order valence-corrected chi connectivity index (χ4v) is 4.80. The smallest absolute Gasteiger partial charge is 0.273 e. The van der Waals surface area contributed by atoms with Gasteiger partial charge in [0.25, 0.3) is 11.8 Å². The highest BCUT2D eigenvalue weighted by Gasteiger charge is 2.38. The maximum absolute atomic E-state index is 14.2. The van der Waals surface area contributed by atoms with Gasteiger partial charge in [-0.2, -0.15) is 4.37 Å². The van der Waals surface area contributed by atoms with E-state index in [1.165, 1.54) is 19.1 Å². The van der Waals surface area contributed by atoms with E-state index in [1.54, 1.807) is 24.3 Å². The number of nitrogens with two attached hydrogens (primary N) is 2. The van der Waals surface area contributed by atoms with E-state index in [2.05, 4.69) is 9.69 Å². The Labute approximate surface area is 226 Å². The maximum atomic E-state index is 14.2. The van der Waals surface area contributed by atoms with E-state index in [4.69, 9.17) is 20.9 Å². The summed E-state index contributed by atoms with van der Waals surface area (Å²) >= 11 is 0.752. The third-order valence-electron chi connectivity index (χ3n) is 5.71. The first-order valence-corrected chi connectivity index (χ1v) is 12.6. The molecule has 202 valence electrons. The fraction of sp³-hybridized carbons (Fsp3) is 0.333. The second kappa shape index (κ2) is 11.1. The van der Waals surface area contributed by atoms with Crippen molar-refractivity contribution in [2.75, 3.05) is 24.9 Å². The summed E-state index contributed by atoms with van der Waals surface area (Å²) in [6.07, 6.45) is 0. The maximum Gasteiger partial charge on any atom is 0.273 e. The first-order chi connectivity index (χ1) is 17.8. The van der Waals surface area contributed by atoms with Gasteiger partial charge in [0.05, 0.1) is 19.9 Å². The van der Waals surface area contributed by atoms with E-state index < -0.39 is 29.3 Å². The Bertz CT molecular complexity index is 1380. The molecule has 3 amide bonds. The molecule has 1 heterocycles. The molecule has 0 fully saturated rings. The number of methoxy groups -OCH3 is 2. The van der Waals surface area contributed by atoms with Crippen LogP contribution in [-0.4, -0.2) is 41.9 Å². The lowest BCUT2D eigenvalue weighted by Crippen LogP contribution is -2.49. The van der Waals surface area contributed by atoms with E-state index in [0.717, 1.165) is 22.7 Å². The minimum absolute atomic E-state index is 0.00666. The van der Waals surface area contributed by atoms with Gasteiger partial charge in [0, 0.05) is 11.2 Å². The van der Waals surface area contributed by atoms with Crippen LogP contribution in [0.25, 0.3) is 0 Å². The highest BCUT2D eigenvalue weighted by atomic mass is 32.1. The number of hydrogen-bond acceptors (Lipinski definition) is 8. The number of amides is 3. The van der Waals surface area contributed by atoms with Gasteiger partial charge < -0.3 is 26.3 Å². The molecule has 2 aromatic carbocycles. The molecule has 0 unspecified atom stereocenters. The van der Waals surface area contributed by atoms with Crippen LogP contribution < -0.4 is 31.2 Å². The van der Waals surface area contributed by atoms with Crippen LogP contribution in [0.1, 0.15) is 63.7 Å². The minimum atomic E-state index is -1.15. The molecule has 1 atom stereocenters. The number of aromatic nitrogens is 1. The zero-order valence-corrected chi connectivity index (χ0v) is 23.4. The van der Waals surface area contributed by atoms with E-state index >= 15 is 0 Å². The van der Waals surface area contributed by atoms with Gasteiger partial charge in [0.15, 0.2) is 17.2 Å². The normalized spacial score (nSPS) is 12.0. The minimum Gasteiger partial charge on any atom is -0.493 e. The second-order valence-corrected chi connectivity index (χ2v) is 10.6. The number of rotatable bonds is 8. The van der Waals surface area contributed by atoms with Crippen molar-refractivity contribution in [2.24, 2.45) is 5.73 Å². The van der Waals surface area contributed by atoms with Crippen molar-refractivity contribution >= 4 is 40.6 Å². The summed E-state index contributed by atoms with van der Waals surface area (Å²) in [5.41, 5.74) is 13.3. The predicted molar refractivity (Wildman–Crippen MR) is 148 cm³/mol. The summed E-state index contributed by atoms with van der Waals surface area (Å²) in [5, 5.41) is 2.99. The van der Waals surface area contributed by atoms with Crippen LogP contribution >= 0.6 is 11.5 Å². The standard InChI is InChI=1S/C27H33N5O5S/c1-14-8-10-17(15(2)12-14)32(26(35)23-20(28)21(24(29)33)31-38-23)22(25(34)30-27(3,4)5)16-9-11-18(36-6)19(13-16)37-7/h8-13,22H,28H2,1-7H3,(H2,29,33)(H,30,34)/t22-/m1/s1. The molecule has 3 aromatic rings. The van der Waals surface area contributed by atoms with Crippen molar-refractivity contribution in [1.82, 2.24) is 9.69 Å². The molecule has 38 heavy (non-hydrogen) atoms. The third-order valence-corrected chi connectivity index (χ3v) is 6.57. The van der Waals surface area contributed by atoms with Crippen molar-refractivity contribution in [3.8, 4) is 11.5 Å². The topological polar surface area (TPSA) is 150 Å². The number of carbonyl (C=O) groups excluding carboxylic acids is 3. The van der Waals surface area contributed by atoms with Crippen LogP contribution in [0.2, 0.25) is 0 Å². The van der Waals surface area contributed by atoms with E-state index in [0.29, 0.717) is 22.7 Å². The second-order valence-electron chi connectivity index (χ2n) is 9.86. The molecular formula is C27H33N5O5S. The predicted octanol–water partition coefficient (Wildman–Crippen LogP) is 3.76. The lowest BCUT2D eigenvalue weighted by molar-refractivity contribution is -0.123. The molecule has 11 heteroatoms. The number of hydrogen-bond donors (Lipinski definition) is 3. The number of nitrogen functional groups attached to an aromatic ring is 1. The Kier molecular flexibility index (Phi) is 8.31. The Balaban J connectivity index is 2.33. The average Bonchev–Trinajstić information content (AvgIpc) is 3.22. The number of carbonyl (C=O) groups is 3. The summed E-state index contributed by atoms with van der Waals surface area (Å²) in [6, 6.07) is 9.40. The van der Waals surface area contributed by atoms with Crippen LogP contribution in [0.3, 0.4) is 0 Å². The van der Waals surface area contributed by atoms with Crippen LogP contribution in [0.15, 0.2) is 36.4 Å². The summed E-state index contributed by atoms with van der Waals surface area (Å²) in [6.45, 7) is 9.32. The van der Waals surface area contributed by atoms with Gasteiger partial charge in [-0.25, -0.2) is 0 Å². The van der Waals surface area contributed by atoms with Crippen LogP contribution in [0, 0.1) is 13.8 Å². The highest BCUT2D eigenvalue weighted by molar-refractivity contribution is 7.09. The Hall–Kier alpha value is -4.12. The Morgan fingerprint density at radius 2 is 1.68 bits per heavy atom. The number of aryl methyl sites for hydroxylation is 2. The van der Waals surface area contributed by atoms with Crippen molar-refractivity contribution in [1.29, 1.82) is 0 Å². The molecule has 0 saturated carbocycles. The lowest BCUT2D eigenvalue weighted by Gasteiger charge is -2.34. The fourth-order valence-electron chi connectivity index (χ4n) is 4.06. The zero-order valence-electron chi connectivity index (χ0n) is 22.5. The van der Waals surface area contributed by atoms with Crippen LogP contribution in [0.4, 0.5) is 11.4 Å². The van der Waals surface area contributed by atoms with Gasteiger partial charge >= 0.3 is 0 Å². The van der Waals surface area contributed by atoms with E-state index in [-0.39, 0.29) is 16.3 Å². The highest BCUT2D eigenvalue weighted by Crippen LogP contribution is 2.38. The first kappa shape index (κ1) is 28.5. The number of ether oxygens (including phenoxy) is 2. The molecular weight excluding hydrogens is 506 g/mol. The molecule has 0 aliphatic rings. The van der Waals surface area contributed by atoms with Gasteiger partial charge in [-0.15, -0.1) is 0 Å². The molecule has 10 nitrogen and oxygen atoms in total. The molecule has 1 aromatic heterocycles. The number of primary amides is 1. The van der Waals surface area contributed by atoms with Gasteiger partial charge in [0.1, 0.15) is 10.9 Å². The molecule has 0 radical (unpaired) electrons. The van der Waals surface area contributed by atoms with Crippen molar-refractivity contribution in [2.45, 2.75) is 46.2 Å². The number of anilines is 2. The number of nitrogens with zero attached hydrogens (tertiary/aromatic N) is 2. The average molecular weight is 540 g/mol. The molecule has 0 aliphatic heterocycles. The van der Waals surface area contributed by atoms with Crippen LogP contribution in [0.5, 0.6) is 11.5 Å². The van der Waals surface area contributed by atoms with E-state index in [1.807, 2.05) is 46.8 Å². The molecule has 3 rings (SSSR count). The molecule has 0 aliphatic carbocycles. The summed E-state index contributed by atoms with van der Waals surface area (Å²) in [7, 11) is 3.00. The monoisotopic (exact) mass is 539 g/mol. The van der Waals surface area contributed by atoms with Gasteiger partial charge in [-0.3, -0.25) is 19.3 Å². The van der Waals surface area contributed by atoms with Gasteiger partial charge in [0.2, 0.25) is 5.91 Å². The first-order valence-electron chi connectivity index (χ1n) is 11.8. The summed E-state index contributed by atoms with van der Waals surface area (Å²) < 4.78 is 14.9. The van der Waals surface area contributed by atoms with Crippen molar-refractivity contribution < 1.29 is 23.9 Å². The van der Waals surface area contributed by atoms with Crippen molar-refractivity contribution in [3.63, 3.8) is 0 Å². The van der Waals surface area contributed by atoms with Gasteiger partial charge in [-0.1, -0.05) is 23.8 Å². The number of nitrogens with one attached hydrogen (secondary N) is 1. The quantitative estimate of drug-likeness (QED) is 0.394. The van der Waals surface area contributed by atoms with E-state index in [9.17, 15) is 14.4 Å². The van der Waals surface area contributed by atoms with Crippen LogP contribution in [-0.2, 0) is 4.79 Å². The summed E-state index contributed by atoms with van der Waals surface area (Å²) in [4.78, 5) is 41.3. The lowest BCUT2D eigenvalue weighted by atomic mass is 9.98. The SMILES string of the molecule is COc1ccc([C@H](C(=O)NC(C)(C)C)N(C(=O)c2snc(C(N)=O)c2N)c2ccc(C)cc2C)cc1OC.